The lowest BCUT2D eigenvalue weighted by atomic mass is 10.1. The first kappa shape index (κ1) is 15.7. The summed E-state index contributed by atoms with van der Waals surface area (Å²) in [5, 5.41) is 3.07. The average molecular weight is 319 g/mol. The number of benzene rings is 1. The quantitative estimate of drug-likeness (QED) is 0.866. The molecule has 4 nitrogen and oxygen atoms in total. The fourth-order valence-corrected chi connectivity index (χ4v) is 4.24. The minimum Gasteiger partial charge on any atom is -0.323 e. The maximum absolute atomic E-state index is 12.6. The predicted octanol–water partition coefficient (Wildman–Crippen LogP) is 3.50. The molecule has 1 aromatic rings. The molecular weight excluding hydrogens is 294 g/mol. The number of anilines is 1. The Morgan fingerprint density at radius 3 is 2.95 bits per heavy atom. The monoisotopic (exact) mass is 319 g/mol. The zero-order valence-corrected chi connectivity index (χ0v) is 14.2. The van der Waals surface area contributed by atoms with Gasteiger partial charge in [0.2, 0.25) is 0 Å². The fraction of sp³-hybridized carbons (Fsp3) is 0.588. The van der Waals surface area contributed by atoms with E-state index in [4.69, 9.17) is 0 Å². The van der Waals surface area contributed by atoms with Crippen molar-refractivity contribution in [3.8, 4) is 0 Å². The van der Waals surface area contributed by atoms with E-state index in [9.17, 15) is 4.79 Å². The largest absolute Gasteiger partial charge is 0.323 e. The molecule has 2 bridgehead atoms. The summed E-state index contributed by atoms with van der Waals surface area (Å²) in [6.45, 7) is 3.85. The summed E-state index contributed by atoms with van der Waals surface area (Å²) in [6.07, 6.45) is 3.59. The molecule has 0 aromatic heterocycles. The number of likely N-dealkylation sites (tertiary alicyclic amines) is 1. The number of likely N-dealkylation sites (N-methyl/N-ethyl adjacent to an activating group) is 1. The lowest BCUT2D eigenvalue weighted by molar-refractivity contribution is 0.200. The first-order valence-electron chi connectivity index (χ1n) is 8.18. The van der Waals surface area contributed by atoms with Crippen LogP contribution in [0, 0.1) is 0 Å². The lowest BCUT2D eigenvalue weighted by Gasteiger charge is -2.26. The van der Waals surface area contributed by atoms with E-state index < -0.39 is 0 Å². The van der Waals surface area contributed by atoms with Gasteiger partial charge in [0.1, 0.15) is 0 Å². The van der Waals surface area contributed by atoms with E-state index in [2.05, 4.69) is 36.3 Å². The van der Waals surface area contributed by atoms with Crippen LogP contribution in [0.2, 0.25) is 0 Å². The summed E-state index contributed by atoms with van der Waals surface area (Å²) in [5.41, 5.74) is 0.895. The van der Waals surface area contributed by atoms with Gasteiger partial charge in [0.15, 0.2) is 0 Å². The van der Waals surface area contributed by atoms with Crippen molar-refractivity contribution in [1.29, 1.82) is 0 Å². The van der Waals surface area contributed by atoms with E-state index in [0.717, 1.165) is 31.0 Å². The maximum atomic E-state index is 12.6. The molecule has 5 heteroatoms. The standard InChI is InChI=1S/C17H25N3OS/c1-3-22-16-6-4-5-13(11-16)18-17(21)20-10-9-14-7-8-15(12-20)19(14)2/h4-6,11,14-15H,3,7-10,12H2,1-2H3,(H,18,21). The molecule has 2 fully saturated rings. The van der Waals surface area contributed by atoms with Gasteiger partial charge >= 0.3 is 6.03 Å². The second kappa shape index (κ2) is 6.92. The van der Waals surface area contributed by atoms with E-state index in [-0.39, 0.29) is 6.03 Å². The van der Waals surface area contributed by atoms with Crippen LogP contribution in [-0.2, 0) is 0 Å². The van der Waals surface area contributed by atoms with Gasteiger partial charge in [-0.25, -0.2) is 4.79 Å². The Balaban J connectivity index is 1.63. The number of amides is 2. The molecule has 2 amide bonds. The second-order valence-corrected chi connectivity index (χ2v) is 7.51. The van der Waals surface area contributed by atoms with E-state index in [1.807, 2.05) is 17.0 Å². The minimum absolute atomic E-state index is 0.0413. The summed E-state index contributed by atoms with van der Waals surface area (Å²) < 4.78 is 0. The molecule has 2 unspecified atom stereocenters. The van der Waals surface area contributed by atoms with Gasteiger partial charge in [0, 0.05) is 35.8 Å². The molecule has 1 N–H and O–H groups in total. The number of urea groups is 1. The smallest absolute Gasteiger partial charge is 0.321 e. The van der Waals surface area contributed by atoms with E-state index in [0.29, 0.717) is 12.1 Å². The highest BCUT2D eigenvalue weighted by Gasteiger charge is 2.35. The Morgan fingerprint density at radius 1 is 1.32 bits per heavy atom. The number of carbonyl (C=O) groups excluding carboxylic acids is 1. The van der Waals surface area contributed by atoms with Crippen LogP contribution < -0.4 is 5.32 Å². The average Bonchev–Trinajstić information content (AvgIpc) is 2.72. The molecule has 2 aliphatic heterocycles. The van der Waals surface area contributed by atoms with Gasteiger partial charge in [0.25, 0.3) is 0 Å². The van der Waals surface area contributed by atoms with Gasteiger partial charge in [0.05, 0.1) is 0 Å². The topological polar surface area (TPSA) is 35.6 Å². The molecule has 0 radical (unpaired) electrons. The summed E-state index contributed by atoms with van der Waals surface area (Å²) in [6, 6.07) is 9.35. The molecule has 2 saturated heterocycles. The number of nitrogens with zero attached hydrogens (tertiary/aromatic N) is 2. The first-order chi connectivity index (χ1) is 10.7. The number of fused-ring (bicyclic) bond motifs is 2. The van der Waals surface area contributed by atoms with E-state index >= 15 is 0 Å². The Labute approximate surface area is 137 Å². The van der Waals surface area contributed by atoms with E-state index in [1.54, 1.807) is 11.8 Å². The number of thioether (sulfide) groups is 1. The molecule has 22 heavy (non-hydrogen) atoms. The summed E-state index contributed by atoms with van der Waals surface area (Å²) in [5.74, 6) is 1.04. The van der Waals surface area contributed by atoms with Gasteiger partial charge < -0.3 is 10.2 Å². The molecule has 3 rings (SSSR count). The van der Waals surface area contributed by atoms with Crippen molar-refractivity contribution < 1.29 is 4.79 Å². The number of hydrogen-bond donors (Lipinski definition) is 1. The fourth-order valence-electron chi connectivity index (χ4n) is 3.53. The van der Waals surface area contributed by atoms with Crippen LogP contribution in [0.4, 0.5) is 10.5 Å². The highest BCUT2D eigenvalue weighted by Crippen LogP contribution is 2.29. The van der Waals surface area contributed by atoms with Gasteiger partial charge in [-0.05, 0) is 50.3 Å². The molecule has 0 spiro atoms. The molecule has 2 heterocycles. The molecule has 120 valence electrons. The molecule has 2 atom stereocenters. The molecule has 1 aromatic carbocycles. The van der Waals surface area contributed by atoms with Gasteiger partial charge in [-0.3, -0.25) is 4.90 Å². The van der Waals surface area contributed by atoms with Crippen LogP contribution in [-0.4, -0.2) is 53.8 Å². The van der Waals surface area contributed by atoms with E-state index in [1.165, 1.54) is 17.7 Å². The van der Waals surface area contributed by atoms with Crippen LogP contribution in [0.1, 0.15) is 26.2 Å². The zero-order chi connectivity index (χ0) is 15.5. The van der Waals surface area contributed by atoms with Crippen LogP contribution >= 0.6 is 11.8 Å². The van der Waals surface area contributed by atoms with Crippen LogP contribution in [0.15, 0.2) is 29.2 Å². The molecule has 0 aliphatic carbocycles. The normalized spacial score (nSPS) is 25.1. The number of hydrogen-bond acceptors (Lipinski definition) is 3. The van der Waals surface area contributed by atoms with Crippen LogP contribution in [0.5, 0.6) is 0 Å². The highest BCUT2D eigenvalue weighted by molar-refractivity contribution is 7.99. The third-order valence-corrected chi connectivity index (χ3v) is 5.71. The van der Waals surface area contributed by atoms with Crippen molar-refractivity contribution in [3.63, 3.8) is 0 Å². The summed E-state index contributed by atoms with van der Waals surface area (Å²) in [4.78, 5) is 18.2. The van der Waals surface area contributed by atoms with Crippen molar-refractivity contribution >= 4 is 23.5 Å². The minimum atomic E-state index is 0.0413. The predicted molar refractivity (Wildman–Crippen MR) is 92.6 cm³/mol. The molecule has 0 saturated carbocycles. The summed E-state index contributed by atoms with van der Waals surface area (Å²) >= 11 is 1.79. The highest BCUT2D eigenvalue weighted by atomic mass is 32.2. The van der Waals surface area contributed by atoms with Gasteiger partial charge in [-0.1, -0.05) is 13.0 Å². The Bertz CT molecular complexity index is 536. The van der Waals surface area contributed by atoms with Crippen LogP contribution in [0.3, 0.4) is 0 Å². The van der Waals surface area contributed by atoms with Crippen molar-refractivity contribution in [2.45, 2.75) is 43.2 Å². The molecule has 2 aliphatic rings. The lowest BCUT2D eigenvalue weighted by Crippen LogP contribution is -2.41. The number of nitrogens with one attached hydrogen (secondary N) is 1. The van der Waals surface area contributed by atoms with Crippen molar-refractivity contribution in [1.82, 2.24) is 9.80 Å². The third-order valence-electron chi connectivity index (χ3n) is 4.83. The van der Waals surface area contributed by atoms with Crippen molar-refractivity contribution in [2.24, 2.45) is 0 Å². The van der Waals surface area contributed by atoms with Gasteiger partial charge in [-0.2, -0.15) is 0 Å². The molecular formula is C17H25N3OS. The Kier molecular flexibility index (Phi) is 4.93. The number of carbonyl (C=O) groups is 1. The summed E-state index contributed by atoms with van der Waals surface area (Å²) in [7, 11) is 2.20. The van der Waals surface area contributed by atoms with Crippen molar-refractivity contribution in [3.05, 3.63) is 24.3 Å². The Morgan fingerprint density at radius 2 is 2.14 bits per heavy atom. The zero-order valence-electron chi connectivity index (χ0n) is 13.4. The number of rotatable bonds is 3. The van der Waals surface area contributed by atoms with Gasteiger partial charge in [-0.15, -0.1) is 11.8 Å². The van der Waals surface area contributed by atoms with Crippen molar-refractivity contribution in [2.75, 3.05) is 31.2 Å². The Hall–Kier alpha value is -1.20. The first-order valence-corrected chi connectivity index (χ1v) is 9.16. The second-order valence-electron chi connectivity index (χ2n) is 6.18. The third kappa shape index (κ3) is 3.41. The van der Waals surface area contributed by atoms with Crippen LogP contribution in [0.25, 0.3) is 0 Å². The SMILES string of the molecule is CCSc1cccc(NC(=O)N2CCC3CCC(C2)N3C)c1. The maximum Gasteiger partial charge on any atom is 0.321 e.